The number of piperidine rings is 1. The Kier molecular flexibility index (Phi) is 5.58. The third-order valence-corrected chi connectivity index (χ3v) is 4.72. The van der Waals surface area contributed by atoms with Crippen molar-refractivity contribution in [2.45, 2.75) is 17.7 Å². The second-order valence-corrected chi connectivity index (χ2v) is 7.16. The first-order valence-electron chi connectivity index (χ1n) is 6.80. The number of nitrogens with two attached hydrogens (primary N) is 1. The van der Waals surface area contributed by atoms with Crippen LogP contribution in [0.1, 0.15) is 12.8 Å². The average Bonchev–Trinajstić information content (AvgIpc) is 2.47. The van der Waals surface area contributed by atoms with E-state index in [-0.39, 0.29) is 15.8 Å². The number of hydrogen-bond donors (Lipinski definition) is 1. The Balaban J connectivity index is 1.89. The van der Waals surface area contributed by atoms with Crippen molar-refractivity contribution in [1.29, 1.82) is 5.26 Å². The molecule has 120 valence electrons. The molecule has 0 bridgehead atoms. The maximum absolute atomic E-state index is 11.2. The van der Waals surface area contributed by atoms with E-state index in [0.29, 0.717) is 19.1 Å². The predicted octanol–water partition coefficient (Wildman–Crippen LogP) is 0.997. The Morgan fingerprint density at radius 2 is 2.18 bits per heavy atom. The number of halogens is 1. The molecule has 22 heavy (non-hydrogen) atoms. The third-order valence-electron chi connectivity index (χ3n) is 3.57. The van der Waals surface area contributed by atoms with Gasteiger partial charge in [0.05, 0.1) is 25.4 Å². The van der Waals surface area contributed by atoms with Crippen LogP contribution in [0.2, 0.25) is 5.02 Å². The second-order valence-electron chi connectivity index (χ2n) is 5.19. The van der Waals surface area contributed by atoms with Gasteiger partial charge in [-0.25, -0.2) is 18.5 Å². The van der Waals surface area contributed by atoms with Crippen molar-refractivity contribution in [3.63, 3.8) is 0 Å². The molecule has 2 rings (SSSR count). The van der Waals surface area contributed by atoms with E-state index in [4.69, 9.17) is 26.7 Å². The molecule has 1 aromatic rings. The van der Waals surface area contributed by atoms with Crippen LogP contribution >= 0.6 is 11.6 Å². The highest BCUT2D eigenvalue weighted by Gasteiger charge is 2.20. The summed E-state index contributed by atoms with van der Waals surface area (Å²) in [7, 11) is -3.82. The van der Waals surface area contributed by atoms with Crippen LogP contribution in [0.15, 0.2) is 17.2 Å². The zero-order chi connectivity index (χ0) is 16.2. The van der Waals surface area contributed by atoms with Gasteiger partial charge < -0.3 is 4.74 Å². The van der Waals surface area contributed by atoms with Crippen molar-refractivity contribution >= 4 is 21.6 Å². The van der Waals surface area contributed by atoms with Crippen molar-refractivity contribution in [2.75, 3.05) is 26.2 Å². The van der Waals surface area contributed by atoms with Crippen LogP contribution in [0.3, 0.4) is 0 Å². The number of primary sulfonamides is 1. The quantitative estimate of drug-likeness (QED) is 0.798. The average molecular weight is 345 g/mol. The van der Waals surface area contributed by atoms with Gasteiger partial charge >= 0.3 is 0 Å². The van der Waals surface area contributed by atoms with Gasteiger partial charge in [-0.05, 0) is 37.9 Å². The summed E-state index contributed by atoms with van der Waals surface area (Å²) in [6.07, 6.45) is 3.01. The summed E-state index contributed by atoms with van der Waals surface area (Å²) in [6.45, 7) is 2.65. The number of ether oxygens (including phenoxy) is 1. The largest absolute Gasteiger partial charge is 0.476 e. The van der Waals surface area contributed by atoms with E-state index in [1.165, 1.54) is 6.07 Å². The van der Waals surface area contributed by atoms with Crippen LogP contribution < -0.4 is 9.88 Å². The van der Waals surface area contributed by atoms with Crippen LogP contribution in [0.25, 0.3) is 0 Å². The zero-order valence-electron chi connectivity index (χ0n) is 11.9. The molecule has 0 aromatic carbocycles. The number of likely N-dealkylation sites (tertiary alicyclic amines) is 1. The van der Waals surface area contributed by atoms with E-state index in [1.807, 2.05) is 0 Å². The van der Waals surface area contributed by atoms with E-state index in [9.17, 15) is 8.42 Å². The van der Waals surface area contributed by atoms with Crippen LogP contribution in [-0.4, -0.2) is 44.5 Å². The summed E-state index contributed by atoms with van der Waals surface area (Å²) in [5.41, 5.74) is 0. The minimum Gasteiger partial charge on any atom is -0.476 e. The minimum atomic E-state index is -3.82. The molecular formula is C13H17ClN4O3S. The van der Waals surface area contributed by atoms with E-state index in [1.54, 1.807) is 0 Å². The third kappa shape index (κ3) is 4.55. The Labute approximate surface area is 134 Å². The molecule has 0 aliphatic carbocycles. The van der Waals surface area contributed by atoms with E-state index in [0.717, 1.165) is 32.1 Å². The summed E-state index contributed by atoms with van der Waals surface area (Å²) < 4.78 is 28.0. The molecule has 7 nitrogen and oxygen atoms in total. The highest BCUT2D eigenvalue weighted by Crippen LogP contribution is 2.25. The van der Waals surface area contributed by atoms with Crippen molar-refractivity contribution in [3.8, 4) is 11.9 Å². The summed E-state index contributed by atoms with van der Waals surface area (Å²) in [5.74, 6) is 0.569. The van der Waals surface area contributed by atoms with Crippen LogP contribution in [0.4, 0.5) is 0 Å². The highest BCUT2D eigenvalue weighted by molar-refractivity contribution is 7.89. The van der Waals surface area contributed by atoms with Crippen molar-refractivity contribution in [3.05, 3.63) is 17.3 Å². The maximum atomic E-state index is 11.2. The highest BCUT2D eigenvalue weighted by atomic mass is 35.5. The molecule has 0 saturated carbocycles. The van der Waals surface area contributed by atoms with Gasteiger partial charge in [-0.15, -0.1) is 0 Å². The topological polar surface area (TPSA) is 109 Å². The number of rotatable bonds is 5. The lowest BCUT2D eigenvalue weighted by molar-refractivity contribution is 0.149. The fourth-order valence-electron chi connectivity index (χ4n) is 2.28. The molecule has 0 unspecified atom stereocenters. The summed E-state index contributed by atoms with van der Waals surface area (Å²) in [6, 6.07) is 3.37. The summed E-state index contributed by atoms with van der Waals surface area (Å²) in [4.78, 5) is 5.86. The van der Waals surface area contributed by atoms with Gasteiger partial charge in [0.15, 0.2) is 0 Å². The minimum absolute atomic E-state index is 0.119. The van der Waals surface area contributed by atoms with Gasteiger partial charge in [-0.1, -0.05) is 11.6 Å². The fraction of sp³-hybridized carbons (Fsp3) is 0.538. The SMILES string of the molecule is N#CCN1CCC(COc2ncc(S(N)(=O)=O)cc2Cl)CC1. The van der Waals surface area contributed by atoms with Gasteiger partial charge in [-0.3, -0.25) is 4.90 Å². The number of hydrogen-bond acceptors (Lipinski definition) is 6. The summed E-state index contributed by atoms with van der Waals surface area (Å²) >= 11 is 5.97. The lowest BCUT2D eigenvalue weighted by atomic mass is 9.98. The van der Waals surface area contributed by atoms with Crippen molar-refractivity contribution in [2.24, 2.45) is 11.1 Å². The second kappa shape index (κ2) is 7.24. The number of pyridine rings is 1. The molecule has 1 fully saturated rings. The molecule has 0 atom stereocenters. The molecule has 1 aromatic heterocycles. The molecule has 1 aliphatic heterocycles. The Bertz CT molecular complexity index is 666. The molecule has 2 heterocycles. The van der Waals surface area contributed by atoms with Crippen molar-refractivity contribution < 1.29 is 13.2 Å². The monoisotopic (exact) mass is 344 g/mol. The molecule has 2 N–H and O–H groups in total. The normalized spacial score (nSPS) is 17.1. The first-order chi connectivity index (χ1) is 10.4. The van der Waals surface area contributed by atoms with Crippen LogP contribution in [0, 0.1) is 17.2 Å². The standard InChI is InChI=1S/C13H17ClN4O3S/c14-12-7-11(22(16,19)20)8-17-13(12)21-9-10-1-4-18(5-2-10)6-3-15/h7-8,10H,1-2,4-6,9H2,(H2,16,19,20). The number of nitriles is 1. The maximum Gasteiger partial charge on any atom is 0.239 e. The molecule has 1 aliphatic rings. The van der Waals surface area contributed by atoms with E-state index in [2.05, 4.69) is 16.0 Å². The van der Waals surface area contributed by atoms with Crippen LogP contribution in [-0.2, 0) is 10.0 Å². The molecule has 0 amide bonds. The van der Waals surface area contributed by atoms with Gasteiger partial charge in [0.1, 0.15) is 9.92 Å². The fourth-order valence-corrected chi connectivity index (χ4v) is 3.04. The van der Waals surface area contributed by atoms with Gasteiger partial charge in [0.25, 0.3) is 0 Å². The number of nitrogens with zero attached hydrogens (tertiary/aromatic N) is 3. The number of aromatic nitrogens is 1. The molecule has 0 radical (unpaired) electrons. The Hall–Kier alpha value is -1.40. The van der Waals surface area contributed by atoms with Crippen molar-refractivity contribution in [1.82, 2.24) is 9.88 Å². The number of sulfonamides is 1. The lowest BCUT2D eigenvalue weighted by Gasteiger charge is -2.29. The molecule has 0 spiro atoms. The first kappa shape index (κ1) is 17.0. The Morgan fingerprint density at radius 1 is 1.50 bits per heavy atom. The van der Waals surface area contributed by atoms with Gasteiger partial charge in [0, 0.05) is 0 Å². The molecule has 1 saturated heterocycles. The van der Waals surface area contributed by atoms with Gasteiger partial charge in [0.2, 0.25) is 15.9 Å². The van der Waals surface area contributed by atoms with Crippen LogP contribution in [0.5, 0.6) is 5.88 Å². The molecular weight excluding hydrogens is 328 g/mol. The first-order valence-corrected chi connectivity index (χ1v) is 8.73. The smallest absolute Gasteiger partial charge is 0.239 e. The predicted molar refractivity (Wildman–Crippen MR) is 80.9 cm³/mol. The van der Waals surface area contributed by atoms with E-state index < -0.39 is 10.0 Å². The Morgan fingerprint density at radius 3 is 2.73 bits per heavy atom. The van der Waals surface area contributed by atoms with E-state index >= 15 is 0 Å². The summed E-state index contributed by atoms with van der Waals surface area (Å²) in [5, 5.41) is 13.8. The lowest BCUT2D eigenvalue weighted by Crippen LogP contribution is -2.35. The zero-order valence-corrected chi connectivity index (χ0v) is 13.5. The van der Waals surface area contributed by atoms with Gasteiger partial charge in [-0.2, -0.15) is 5.26 Å². The molecule has 9 heteroatoms.